The summed E-state index contributed by atoms with van der Waals surface area (Å²) in [7, 11) is 0.405. The number of phosphoric acid groups is 1. The van der Waals surface area contributed by atoms with Crippen molar-refractivity contribution in [2.75, 3.05) is 39.8 Å². The van der Waals surface area contributed by atoms with Gasteiger partial charge in [0.25, 0.3) is 0 Å². The minimum atomic E-state index is -3.60. The third-order valence-electron chi connectivity index (χ3n) is 6.23. The molecule has 11 nitrogen and oxygen atoms in total. The standard InChI is InChI=1S/C27H33ClFN4O7P/c1-33(26(34)31-17-21-11-8-13-23(29)25(21)28)22(12-6-7-14-40-41(36,37-2)38-3)18-39-27(35)32-24-15-19-9-4-5-10-20(19)16-30-24/h4-5,8-11,13,15-16,22H,6-7,12,14,17-18H2,1-3H3,(H,31,34)(H,30,32,35)/t22-/m0/s1. The van der Waals surface area contributed by atoms with Crippen molar-refractivity contribution in [2.45, 2.75) is 31.8 Å². The van der Waals surface area contributed by atoms with Crippen LogP contribution in [0.25, 0.3) is 10.8 Å². The summed E-state index contributed by atoms with van der Waals surface area (Å²) in [5.41, 5.74) is 0.418. The summed E-state index contributed by atoms with van der Waals surface area (Å²) in [5.74, 6) is -0.264. The van der Waals surface area contributed by atoms with Gasteiger partial charge in [0.1, 0.15) is 18.2 Å². The van der Waals surface area contributed by atoms with Crippen molar-refractivity contribution in [3.05, 3.63) is 71.1 Å². The Hall–Kier alpha value is -3.28. The van der Waals surface area contributed by atoms with Gasteiger partial charge >= 0.3 is 19.9 Å². The Balaban J connectivity index is 1.59. The second-order valence-corrected chi connectivity index (χ2v) is 11.2. The number of likely N-dealkylation sites (N-methyl/N-ethyl adjacent to an activating group) is 1. The molecule has 2 N–H and O–H groups in total. The van der Waals surface area contributed by atoms with Gasteiger partial charge in [-0.05, 0) is 42.3 Å². The van der Waals surface area contributed by atoms with E-state index in [1.54, 1.807) is 25.4 Å². The van der Waals surface area contributed by atoms with Crippen LogP contribution >= 0.6 is 19.4 Å². The molecule has 1 atom stereocenters. The van der Waals surface area contributed by atoms with Crippen molar-refractivity contribution >= 4 is 48.1 Å². The van der Waals surface area contributed by atoms with Gasteiger partial charge in [-0.1, -0.05) is 48.0 Å². The molecular formula is C27H33ClFN4O7P. The van der Waals surface area contributed by atoms with Crippen molar-refractivity contribution in [2.24, 2.45) is 0 Å². The largest absolute Gasteiger partial charge is 0.474 e. The fraction of sp³-hybridized carbons (Fsp3) is 0.370. The maximum atomic E-state index is 13.8. The van der Waals surface area contributed by atoms with Gasteiger partial charge in [0.2, 0.25) is 0 Å². The maximum absolute atomic E-state index is 13.8. The first-order valence-corrected chi connectivity index (χ1v) is 14.6. The topological polar surface area (TPSA) is 128 Å². The van der Waals surface area contributed by atoms with Crippen LogP contribution in [0.5, 0.6) is 0 Å². The third kappa shape index (κ3) is 9.65. The minimum absolute atomic E-state index is 0.00137. The molecule has 0 radical (unpaired) electrons. The number of anilines is 1. The van der Waals surface area contributed by atoms with Crippen LogP contribution in [-0.4, -0.2) is 62.5 Å². The van der Waals surface area contributed by atoms with E-state index in [1.807, 2.05) is 24.3 Å². The number of amides is 3. The van der Waals surface area contributed by atoms with E-state index in [4.69, 9.17) is 29.9 Å². The van der Waals surface area contributed by atoms with E-state index >= 15 is 0 Å². The fourth-order valence-electron chi connectivity index (χ4n) is 3.84. The highest BCUT2D eigenvalue weighted by atomic mass is 35.5. The minimum Gasteiger partial charge on any atom is -0.447 e. The van der Waals surface area contributed by atoms with Crippen molar-refractivity contribution in [1.29, 1.82) is 0 Å². The summed E-state index contributed by atoms with van der Waals surface area (Å²) in [6, 6.07) is 12.6. The Morgan fingerprint density at radius 2 is 1.83 bits per heavy atom. The first-order valence-electron chi connectivity index (χ1n) is 12.7. The van der Waals surface area contributed by atoms with Crippen LogP contribution in [0, 0.1) is 5.82 Å². The number of ether oxygens (including phenoxy) is 1. The summed E-state index contributed by atoms with van der Waals surface area (Å²) < 4.78 is 45.9. The number of pyridine rings is 1. The van der Waals surface area contributed by atoms with Crippen LogP contribution in [-0.2, 0) is 29.4 Å². The molecule has 1 heterocycles. The average Bonchev–Trinajstić information content (AvgIpc) is 2.98. The molecule has 0 unspecified atom stereocenters. The predicted octanol–water partition coefficient (Wildman–Crippen LogP) is 6.37. The van der Waals surface area contributed by atoms with Crippen LogP contribution in [0.3, 0.4) is 0 Å². The summed E-state index contributed by atoms with van der Waals surface area (Å²) in [5, 5.41) is 7.06. The molecule has 41 heavy (non-hydrogen) atoms. The number of nitrogens with one attached hydrogen (secondary N) is 2. The quantitative estimate of drug-likeness (QED) is 0.159. The molecule has 0 fully saturated rings. The van der Waals surface area contributed by atoms with Gasteiger partial charge in [-0.15, -0.1) is 0 Å². The average molecular weight is 611 g/mol. The Kier molecular flexibility index (Phi) is 12.3. The number of unbranched alkanes of at least 4 members (excludes halogenated alkanes) is 1. The molecule has 0 aliphatic heterocycles. The number of carbonyl (C=O) groups excluding carboxylic acids is 2. The molecule has 0 saturated heterocycles. The van der Waals surface area contributed by atoms with Crippen molar-refractivity contribution < 1.29 is 36.9 Å². The SMILES string of the molecule is COP(=O)(OC)OCCCC[C@@H](COC(=O)Nc1cc2ccccc2cn1)N(C)C(=O)NCc1cccc(F)c1Cl. The van der Waals surface area contributed by atoms with Crippen molar-refractivity contribution in [3.63, 3.8) is 0 Å². The molecule has 0 aliphatic rings. The fourth-order valence-corrected chi connectivity index (χ4v) is 4.74. The number of phosphoric ester groups is 1. The van der Waals surface area contributed by atoms with Crippen LogP contribution in [0.15, 0.2) is 54.7 Å². The number of hydrogen-bond acceptors (Lipinski definition) is 8. The van der Waals surface area contributed by atoms with Gasteiger partial charge in [0.05, 0.1) is 17.7 Å². The first kappa shape index (κ1) is 32.2. The second-order valence-electron chi connectivity index (χ2n) is 8.92. The molecule has 3 amide bonds. The second kappa shape index (κ2) is 15.6. The van der Waals surface area contributed by atoms with Gasteiger partial charge in [-0.3, -0.25) is 18.9 Å². The lowest BCUT2D eigenvalue weighted by molar-refractivity contribution is 0.110. The number of fused-ring (bicyclic) bond motifs is 1. The van der Waals surface area contributed by atoms with E-state index in [9.17, 15) is 18.5 Å². The Labute approximate surface area is 242 Å². The molecule has 3 rings (SSSR count). The van der Waals surface area contributed by atoms with E-state index in [1.165, 1.54) is 31.3 Å². The zero-order chi connectivity index (χ0) is 29.8. The number of benzene rings is 2. The molecule has 1 aromatic heterocycles. The number of urea groups is 1. The van der Waals surface area contributed by atoms with E-state index in [0.29, 0.717) is 30.6 Å². The number of halogens is 2. The lowest BCUT2D eigenvalue weighted by Crippen LogP contribution is -2.46. The van der Waals surface area contributed by atoms with Gasteiger partial charge in [0, 0.05) is 39.4 Å². The Bertz CT molecular complexity index is 1370. The van der Waals surface area contributed by atoms with Gasteiger partial charge < -0.3 is 15.0 Å². The van der Waals surface area contributed by atoms with Gasteiger partial charge in [-0.2, -0.15) is 0 Å². The van der Waals surface area contributed by atoms with Crippen LogP contribution in [0.1, 0.15) is 24.8 Å². The Morgan fingerprint density at radius 3 is 2.56 bits per heavy atom. The van der Waals surface area contributed by atoms with Crippen molar-refractivity contribution in [1.82, 2.24) is 15.2 Å². The molecule has 0 aliphatic carbocycles. The molecule has 0 saturated carbocycles. The lowest BCUT2D eigenvalue weighted by atomic mass is 10.1. The highest BCUT2D eigenvalue weighted by molar-refractivity contribution is 7.48. The van der Waals surface area contributed by atoms with E-state index in [0.717, 1.165) is 10.8 Å². The zero-order valence-corrected chi connectivity index (χ0v) is 24.6. The number of aromatic nitrogens is 1. The van der Waals surface area contributed by atoms with Crippen molar-refractivity contribution in [3.8, 4) is 0 Å². The molecule has 0 bridgehead atoms. The Morgan fingerprint density at radius 1 is 1.10 bits per heavy atom. The summed E-state index contributed by atoms with van der Waals surface area (Å²) in [6.07, 6.45) is 2.32. The monoisotopic (exact) mass is 610 g/mol. The molecule has 0 spiro atoms. The maximum Gasteiger partial charge on any atom is 0.474 e. The molecule has 14 heteroatoms. The van der Waals surface area contributed by atoms with E-state index in [2.05, 4.69) is 15.6 Å². The molecule has 2 aromatic carbocycles. The summed E-state index contributed by atoms with van der Waals surface area (Å²) >= 11 is 5.99. The normalized spacial score (nSPS) is 12.1. The lowest BCUT2D eigenvalue weighted by Gasteiger charge is -2.28. The van der Waals surface area contributed by atoms with Gasteiger partial charge in [-0.25, -0.2) is 23.5 Å². The van der Waals surface area contributed by atoms with E-state index < -0.39 is 31.8 Å². The number of hydrogen-bond donors (Lipinski definition) is 2. The van der Waals surface area contributed by atoms with Crippen LogP contribution in [0.2, 0.25) is 5.02 Å². The number of nitrogens with zero attached hydrogens (tertiary/aromatic N) is 2. The summed E-state index contributed by atoms with van der Waals surface area (Å²) in [6.45, 7) is -0.0349. The first-order chi connectivity index (χ1) is 19.7. The highest BCUT2D eigenvalue weighted by Gasteiger charge is 2.24. The highest BCUT2D eigenvalue weighted by Crippen LogP contribution is 2.47. The number of carbonyl (C=O) groups is 2. The third-order valence-corrected chi connectivity index (χ3v) is 8.04. The predicted molar refractivity (Wildman–Crippen MR) is 153 cm³/mol. The smallest absolute Gasteiger partial charge is 0.447 e. The van der Waals surface area contributed by atoms with Gasteiger partial charge in [0.15, 0.2) is 0 Å². The zero-order valence-electron chi connectivity index (χ0n) is 23.0. The van der Waals surface area contributed by atoms with Crippen LogP contribution < -0.4 is 10.6 Å². The molecule has 222 valence electrons. The molecular weight excluding hydrogens is 578 g/mol. The van der Waals surface area contributed by atoms with Crippen LogP contribution in [0.4, 0.5) is 19.8 Å². The van der Waals surface area contributed by atoms with E-state index in [-0.39, 0.29) is 24.8 Å². The summed E-state index contributed by atoms with van der Waals surface area (Å²) in [4.78, 5) is 31.1. The molecule has 3 aromatic rings. The number of rotatable bonds is 14.